The number of ether oxygens (including phenoxy) is 28. The van der Waals surface area contributed by atoms with Gasteiger partial charge in [0, 0.05) is 92.5 Å². The maximum atomic E-state index is 12.4. The third kappa shape index (κ3) is 42.0. The fourth-order valence-electron chi connectivity index (χ4n) is 20.7. The van der Waals surface area contributed by atoms with Crippen molar-refractivity contribution in [3.63, 3.8) is 0 Å². The molecule has 147 heavy (non-hydrogen) atoms. The topological polar surface area (TPSA) is 400 Å². The first-order chi connectivity index (χ1) is 72.2. The Morgan fingerprint density at radius 1 is 0.122 bits per heavy atom. The van der Waals surface area contributed by atoms with Crippen LogP contribution < -0.4 is 0 Å². The Kier molecular flexibility index (Phi) is 70.0. The van der Waals surface area contributed by atoms with Gasteiger partial charge in [-0.25, -0.2) is 0 Å². The molecule has 35 heteroatoms. The summed E-state index contributed by atoms with van der Waals surface area (Å²) >= 11 is 0. The van der Waals surface area contributed by atoms with E-state index in [4.69, 9.17) is 133 Å². The highest BCUT2D eigenvalue weighted by Gasteiger charge is 2.63. The first kappa shape index (κ1) is 131. The molecule has 21 rings (SSSR count). The highest BCUT2D eigenvalue weighted by Crippen LogP contribution is 2.45. The van der Waals surface area contributed by atoms with Crippen LogP contribution in [0.25, 0.3) is 0 Å². The van der Waals surface area contributed by atoms with Crippen LogP contribution in [0.2, 0.25) is 0 Å². The summed E-state index contributed by atoms with van der Waals surface area (Å²) < 4.78 is 206. The van der Waals surface area contributed by atoms with Crippen LogP contribution in [0.1, 0.15) is 367 Å². The van der Waals surface area contributed by atoms with Crippen molar-refractivity contribution in [3.05, 3.63) is 0 Å². The number of hydrogen-bond acceptors (Lipinski definition) is 35. The Balaban J connectivity index is 1.46. The van der Waals surface area contributed by atoms with Crippen LogP contribution in [-0.2, 0) is 133 Å². The predicted octanol–water partition coefficient (Wildman–Crippen LogP) is 15.8. The minimum atomic E-state index is -1.42. The van der Waals surface area contributed by atoms with E-state index in [9.17, 15) is 35.7 Å². The van der Waals surface area contributed by atoms with Crippen LogP contribution in [0.5, 0.6) is 0 Å². The van der Waals surface area contributed by atoms with Crippen LogP contribution in [0.15, 0.2) is 0 Å². The Morgan fingerprint density at radius 2 is 0.211 bits per heavy atom. The van der Waals surface area contributed by atoms with E-state index >= 15 is 0 Å². The summed E-state index contributed by atoms with van der Waals surface area (Å²) in [6, 6.07) is 0. The van der Waals surface area contributed by atoms with E-state index in [1.165, 1.54) is 0 Å². The molecule has 21 aliphatic rings. The molecule has 0 amide bonds. The van der Waals surface area contributed by atoms with E-state index in [1.807, 2.05) is 0 Å². The summed E-state index contributed by atoms with van der Waals surface area (Å²) in [6.07, 6.45) is -11.4. The van der Waals surface area contributed by atoms with Crippen molar-refractivity contribution in [1.82, 2.24) is 0 Å². The normalized spacial score (nSPS) is 34.7. The monoisotopic (exact) mass is 2120 g/mol. The molecule has 35 atom stereocenters. The number of aliphatic hydroxyl groups is 7. The quantitative estimate of drug-likeness (QED) is 0.0278. The SMILES string of the molecule is CCCCCOC1C2OC(CO)C(OC3OC(CO)C(OC4OC(CO)C(OC5OC(CO)C(OC6OC(CO)C(OC7OC(CO)C(OC8OC(CO)C(O2)C(OCCCCC)C8OCCCCC)C(OCCCCC)C7OCCCCC)C(OCCCCC)C6OCCCCC)C(OCCCCC)C5OCCCCC)C(OCCCCC)C4OCCCCC)C(OCCCCC)C3OCCCCC)C1OCCCCC. The molecular formula is C112H210O35. The van der Waals surface area contributed by atoms with Crippen molar-refractivity contribution < 1.29 is 168 Å². The van der Waals surface area contributed by atoms with Crippen LogP contribution in [0.4, 0.5) is 0 Å². The number of rotatable bonds is 77. The van der Waals surface area contributed by atoms with Crippen LogP contribution >= 0.6 is 0 Å². The van der Waals surface area contributed by atoms with Gasteiger partial charge in [0.05, 0.1) is 46.2 Å². The van der Waals surface area contributed by atoms with E-state index < -0.39 is 261 Å². The number of hydrogen-bond donors (Lipinski definition) is 7. The Morgan fingerprint density at radius 3 is 0.293 bits per heavy atom. The van der Waals surface area contributed by atoms with Gasteiger partial charge in [-0.15, -0.1) is 0 Å². The minimum Gasteiger partial charge on any atom is -0.394 e. The van der Waals surface area contributed by atoms with Crippen LogP contribution in [0.3, 0.4) is 0 Å². The molecule has 0 saturated carbocycles. The second-order valence-electron chi connectivity index (χ2n) is 41.4. The zero-order valence-corrected chi connectivity index (χ0v) is 93.3. The average Bonchev–Trinajstić information content (AvgIpc) is 1.02. The first-order valence-corrected chi connectivity index (χ1v) is 59.2. The lowest BCUT2D eigenvalue weighted by atomic mass is 9.94. The van der Waals surface area contributed by atoms with E-state index in [0.717, 1.165) is 180 Å². The Hall–Kier alpha value is -1.40. The molecule has 7 N–H and O–H groups in total. The van der Waals surface area contributed by atoms with Gasteiger partial charge in [0.15, 0.2) is 44.0 Å². The lowest BCUT2D eigenvalue weighted by Crippen LogP contribution is -2.69. The van der Waals surface area contributed by atoms with E-state index in [1.54, 1.807) is 0 Å². The van der Waals surface area contributed by atoms with Gasteiger partial charge in [0.25, 0.3) is 0 Å². The molecule has 868 valence electrons. The van der Waals surface area contributed by atoms with Crippen molar-refractivity contribution >= 4 is 0 Å². The van der Waals surface area contributed by atoms with Gasteiger partial charge < -0.3 is 168 Å². The second-order valence-corrected chi connectivity index (χ2v) is 41.4. The predicted molar refractivity (Wildman–Crippen MR) is 554 cm³/mol. The lowest BCUT2D eigenvalue weighted by molar-refractivity contribution is -0.407. The molecule has 35 unspecified atom stereocenters. The molecule has 21 fully saturated rings. The summed E-state index contributed by atoms with van der Waals surface area (Å²) in [5.74, 6) is 0. The van der Waals surface area contributed by atoms with Gasteiger partial charge in [-0.2, -0.15) is 0 Å². The minimum absolute atomic E-state index is 0.207. The molecule has 21 heterocycles. The molecular weight excluding hydrogens is 1910 g/mol. The fraction of sp³-hybridized carbons (Fsp3) is 1.00. The van der Waals surface area contributed by atoms with Gasteiger partial charge >= 0.3 is 0 Å². The average molecular weight is 2120 g/mol. The van der Waals surface area contributed by atoms with Crippen molar-refractivity contribution in [1.29, 1.82) is 0 Å². The standard InChI is InChI=1S/C112H210O35/c1-15-29-43-57-120-92-85-78(71-113)134-106(99(92)127-64-50-36-22-8)142-86-79(72-114)136-108(101(129-66-52-38-24-10)93(86)121-58-44-30-16-2)144-88-81(74-116)138-110(103(131-68-54-40-26-12)95(88)123-60-46-32-18-4)146-90-83(76-118)140-112(105(133-70-56-42-28-14)97(90)125-62-48-34-20-6)147-91-84(77-119)139-111(104(132-69-55-41-27-13)98(91)126-63-49-35-21-7)145-89-82(75-117)137-109(102(130-67-53-39-25-11)96(89)124-61-47-33-19-5)143-87-80(73-115)135-107(141-85)100(128-65-51-37-23-9)94(87)122-59-45-31-17-3/h78-119H,15-77H2,1-14H3. The summed E-state index contributed by atoms with van der Waals surface area (Å²) in [7, 11) is 0. The van der Waals surface area contributed by atoms with Gasteiger partial charge in [-0.1, -0.05) is 277 Å². The molecule has 35 nitrogen and oxygen atoms in total. The Bertz CT molecular complexity index is 2550. The maximum Gasteiger partial charge on any atom is 0.187 e. The van der Waals surface area contributed by atoms with Crippen molar-refractivity contribution in [2.75, 3.05) is 139 Å². The zero-order valence-electron chi connectivity index (χ0n) is 93.3. The summed E-state index contributed by atoms with van der Waals surface area (Å²) in [6.45, 7) is 28.0. The number of aliphatic hydroxyl groups excluding tert-OH is 7. The molecule has 0 aliphatic carbocycles. The smallest absolute Gasteiger partial charge is 0.187 e. The van der Waals surface area contributed by atoms with Crippen LogP contribution in [0, 0.1) is 0 Å². The maximum absolute atomic E-state index is 12.4. The molecule has 0 aromatic rings. The molecule has 21 saturated heterocycles. The van der Waals surface area contributed by atoms with Gasteiger partial charge in [-0.3, -0.25) is 0 Å². The third-order valence-corrected chi connectivity index (χ3v) is 29.3. The summed E-state index contributed by atoms with van der Waals surface area (Å²) in [5.41, 5.74) is 0. The molecule has 0 radical (unpaired) electrons. The lowest BCUT2D eigenvalue weighted by Gasteiger charge is -2.53. The highest BCUT2D eigenvalue weighted by atomic mass is 16.8. The van der Waals surface area contributed by atoms with Crippen molar-refractivity contribution in [2.24, 2.45) is 0 Å². The third-order valence-electron chi connectivity index (χ3n) is 29.3. The fourth-order valence-corrected chi connectivity index (χ4v) is 20.7. The Labute approximate surface area is 884 Å². The number of unbranched alkanes of at least 4 members (excludes halogenated alkanes) is 28. The highest BCUT2D eigenvalue weighted by molar-refractivity contribution is 5.06. The van der Waals surface area contributed by atoms with Gasteiger partial charge in [0.1, 0.15) is 171 Å². The van der Waals surface area contributed by atoms with Crippen LogP contribution in [-0.4, -0.2) is 389 Å². The van der Waals surface area contributed by atoms with E-state index in [2.05, 4.69) is 96.9 Å². The molecule has 21 aliphatic heterocycles. The summed E-state index contributed by atoms with van der Waals surface area (Å²) in [4.78, 5) is 0. The second kappa shape index (κ2) is 78.7. The van der Waals surface area contributed by atoms with Gasteiger partial charge in [-0.05, 0) is 89.9 Å². The first-order valence-electron chi connectivity index (χ1n) is 59.2. The largest absolute Gasteiger partial charge is 0.394 e. The molecule has 0 aromatic heterocycles. The molecule has 0 aromatic carbocycles. The van der Waals surface area contributed by atoms with E-state index in [0.29, 0.717) is 89.9 Å². The van der Waals surface area contributed by atoms with E-state index in [-0.39, 0.29) is 92.5 Å². The molecule has 0 spiro atoms. The summed E-state index contributed by atoms with van der Waals surface area (Å²) in [5, 5.41) is 86.5. The van der Waals surface area contributed by atoms with Gasteiger partial charge in [0.2, 0.25) is 0 Å². The van der Waals surface area contributed by atoms with Crippen molar-refractivity contribution in [3.8, 4) is 0 Å². The van der Waals surface area contributed by atoms with Crippen molar-refractivity contribution in [2.45, 2.75) is 582 Å². The molecule has 14 bridgehead atoms. The zero-order chi connectivity index (χ0) is 106.